The highest BCUT2D eigenvalue weighted by Gasteiger charge is 2.35. The molecular formula is C44H32N2O2. The van der Waals surface area contributed by atoms with Crippen LogP contribution in [0.5, 0.6) is 23.0 Å². The molecule has 1 aliphatic carbocycles. The summed E-state index contributed by atoms with van der Waals surface area (Å²) in [5.41, 5.74) is 12.5. The quantitative estimate of drug-likeness (QED) is 0.192. The van der Waals surface area contributed by atoms with Crippen molar-refractivity contribution in [2.24, 2.45) is 0 Å². The molecule has 2 heterocycles. The molecule has 0 spiro atoms. The Morgan fingerprint density at radius 2 is 1.06 bits per heavy atom. The number of ether oxygens (including phenoxy) is 2. The normalized spacial score (nSPS) is 13.3. The predicted octanol–water partition coefficient (Wildman–Crippen LogP) is 12.1. The van der Waals surface area contributed by atoms with Crippen molar-refractivity contribution in [3.05, 3.63) is 169 Å². The Morgan fingerprint density at radius 1 is 0.458 bits per heavy atom. The molecule has 0 unspecified atom stereocenters. The summed E-state index contributed by atoms with van der Waals surface area (Å²) >= 11 is 0. The molecule has 230 valence electrons. The van der Waals surface area contributed by atoms with Gasteiger partial charge in [-0.1, -0.05) is 98.8 Å². The molecule has 0 fully saturated rings. The SMILES string of the molecule is CC1(C)c2ccccc2-c2ccc(N(c3ccc(-c4ccccc4)cc3)c3ccc(-c4ccc5c(c4)Oc4ccccc4O5)nc3)cc21. The zero-order valence-electron chi connectivity index (χ0n) is 26.7. The summed E-state index contributed by atoms with van der Waals surface area (Å²) < 4.78 is 12.2. The number of pyridine rings is 1. The third-order valence-corrected chi connectivity index (χ3v) is 9.59. The minimum Gasteiger partial charge on any atom is -0.450 e. The van der Waals surface area contributed by atoms with Crippen molar-refractivity contribution in [2.75, 3.05) is 4.90 Å². The molecule has 6 aromatic carbocycles. The van der Waals surface area contributed by atoms with Gasteiger partial charge in [-0.25, -0.2) is 0 Å². The van der Waals surface area contributed by atoms with Crippen molar-refractivity contribution in [1.29, 1.82) is 0 Å². The van der Waals surface area contributed by atoms with Gasteiger partial charge >= 0.3 is 0 Å². The van der Waals surface area contributed by atoms with Crippen molar-refractivity contribution >= 4 is 17.1 Å². The first-order valence-corrected chi connectivity index (χ1v) is 16.3. The van der Waals surface area contributed by atoms with E-state index in [0.717, 1.165) is 34.1 Å². The summed E-state index contributed by atoms with van der Waals surface area (Å²) in [5.74, 6) is 2.80. The van der Waals surface area contributed by atoms with Crippen LogP contribution in [-0.2, 0) is 5.41 Å². The Bertz CT molecular complexity index is 2310. The number of hydrogen-bond donors (Lipinski definition) is 0. The molecule has 2 aliphatic rings. The van der Waals surface area contributed by atoms with Gasteiger partial charge in [0.25, 0.3) is 0 Å². The van der Waals surface area contributed by atoms with Crippen LogP contribution in [0.15, 0.2) is 158 Å². The molecule has 0 saturated carbocycles. The van der Waals surface area contributed by atoms with Crippen LogP contribution in [0.2, 0.25) is 0 Å². The summed E-state index contributed by atoms with van der Waals surface area (Å²) in [4.78, 5) is 7.27. The van der Waals surface area contributed by atoms with E-state index in [1.165, 1.54) is 33.4 Å². The molecular weight excluding hydrogens is 588 g/mol. The first-order chi connectivity index (χ1) is 23.5. The van der Waals surface area contributed by atoms with Gasteiger partial charge in [-0.05, 0) is 100 Å². The molecule has 0 radical (unpaired) electrons. The predicted molar refractivity (Wildman–Crippen MR) is 194 cm³/mol. The monoisotopic (exact) mass is 620 g/mol. The second kappa shape index (κ2) is 11.0. The van der Waals surface area contributed by atoms with Crippen LogP contribution in [0.25, 0.3) is 33.5 Å². The van der Waals surface area contributed by atoms with Gasteiger partial charge in [0.1, 0.15) is 0 Å². The third-order valence-electron chi connectivity index (χ3n) is 9.59. The Balaban J connectivity index is 1.10. The molecule has 4 nitrogen and oxygen atoms in total. The van der Waals surface area contributed by atoms with Crippen LogP contribution >= 0.6 is 0 Å². The second-order valence-corrected chi connectivity index (χ2v) is 12.9. The number of hydrogen-bond acceptors (Lipinski definition) is 4. The topological polar surface area (TPSA) is 34.6 Å². The molecule has 48 heavy (non-hydrogen) atoms. The van der Waals surface area contributed by atoms with Gasteiger partial charge in [-0.15, -0.1) is 0 Å². The van der Waals surface area contributed by atoms with Crippen molar-refractivity contribution in [3.63, 3.8) is 0 Å². The van der Waals surface area contributed by atoms with Gasteiger partial charge in [0.05, 0.1) is 17.6 Å². The average Bonchev–Trinajstić information content (AvgIpc) is 3.37. The number of para-hydroxylation sites is 2. The minimum absolute atomic E-state index is 0.106. The van der Waals surface area contributed by atoms with Gasteiger partial charge in [-0.2, -0.15) is 0 Å². The fourth-order valence-electron chi connectivity index (χ4n) is 7.09. The van der Waals surface area contributed by atoms with Crippen LogP contribution in [0, 0.1) is 0 Å². The number of aromatic nitrogens is 1. The molecule has 7 aromatic rings. The second-order valence-electron chi connectivity index (χ2n) is 12.9. The molecule has 4 heteroatoms. The summed E-state index contributed by atoms with van der Waals surface area (Å²) in [5, 5.41) is 0. The lowest BCUT2D eigenvalue weighted by molar-refractivity contribution is 0.360. The highest BCUT2D eigenvalue weighted by Crippen LogP contribution is 2.51. The average molecular weight is 621 g/mol. The third kappa shape index (κ3) is 4.65. The van der Waals surface area contributed by atoms with Crippen LogP contribution in [0.1, 0.15) is 25.0 Å². The number of benzene rings is 6. The molecule has 0 atom stereocenters. The van der Waals surface area contributed by atoms with Gasteiger partial charge in [0, 0.05) is 22.4 Å². The molecule has 0 N–H and O–H groups in total. The maximum Gasteiger partial charge on any atom is 0.170 e. The summed E-state index contributed by atoms with van der Waals surface area (Å²) in [6.45, 7) is 4.64. The first kappa shape index (κ1) is 28.1. The molecule has 1 aliphatic heterocycles. The Morgan fingerprint density at radius 3 is 1.83 bits per heavy atom. The van der Waals surface area contributed by atoms with Crippen LogP contribution in [0.3, 0.4) is 0 Å². The lowest BCUT2D eigenvalue weighted by atomic mass is 9.82. The first-order valence-electron chi connectivity index (χ1n) is 16.3. The highest BCUT2D eigenvalue weighted by molar-refractivity contribution is 5.86. The largest absolute Gasteiger partial charge is 0.450 e. The van der Waals surface area contributed by atoms with Crippen molar-refractivity contribution < 1.29 is 9.47 Å². The Kier molecular flexibility index (Phi) is 6.44. The summed E-state index contributed by atoms with van der Waals surface area (Å²) in [6, 6.07) is 52.8. The number of fused-ring (bicyclic) bond motifs is 5. The molecule has 1 aromatic heterocycles. The Labute approximate surface area is 280 Å². The van der Waals surface area contributed by atoms with E-state index in [2.05, 4.69) is 122 Å². The molecule has 0 saturated heterocycles. The van der Waals surface area contributed by atoms with E-state index < -0.39 is 0 Å². The van der Waals surface area contributed by atoms with Gasteiger partial charge in [0.15, 0.2) is 23.0 Å². The number of anilines is 3. The fourth-order valence-corrected chi connectivity index (χ4v) is 7.09. The Hall–Kier alpha value is -6.13. The number of nitrogens with zero attached hydrogens (tertiary/aromatic N) is 2. The molecule has 0 bridgehead atoms. The van der Waals surface area contributed by atoms with Crippen LogP contribution in [-0.4, -0.2) is 4.98 Å². The fraction of sp³-hybridized carbons (Fsp3) is 0.0682. The summed E-state index contributed by atoms with van der Waals surface area (Å²) in [6.07, 6.45) is 1.96. The van der Waals surface area contributed by atoms with E-state index in [1.807, 2.05) is 54.7 Å². The van der Waals surface area contributed by atoms with Gasteiger partial charge in [-0.3, -0.25) is 4.98 Å². The van der Waals surface area contributed by atoms with E-state index in [4.69, 9.17) is 14.5 Å². The molecule has 0 amide bonds. The van der Waals surface area contributed by atoms with Crippen LogP contribution < -0.4 is 14.4 Å². The lowest BCUT2D eigenvalue weighted by Crippen LogP contribution is -2.16. The van der Waals surface area contributed by atoms with E-state index in [9.17, 15) is 0 Å². The zero-order valence-corrected chi connectivity index (χ0v) is 26.7. The maximum atomic E-state index is 6.17. The van der Waals surface area contributed by atoms with Gasteiger partial charge in [0.2, 0.25) is 0 Å². The van der Waals surface area contributed by atoms with Crippen molar-refractivity contribution in [2.45, 2.75) is 19.3 Å². The molecule has 9 rings (SSSR count). The van der Waals surface area contributed by atoms with Crippen molar-refractivity contribution in [1.82, 2.24) is 4.98 Å². The summed E-state index contributed by atoms with van der Waals surface area (Å²) in [7, 11) is 0. The van der Waals surface area contributed by atoms with Crippen LogP contribution in [0.4, 0.5) is 17.1 Å². The highest BCUT2D eigenvalue weighted by atomic mass is 16.6. The maximum absolute atomic E-state index is 6.17. The van der Waals surface area contributed by atoms with E-state index in [-0.39, 0.29) is 5.41 Å². The lowest BCUT2D eigenvalue weighted by Gasteiger charge is -2.28. The van der Waals surface area contributed by atoms with E-state index in [1.54, 1.807) is 0 Å². The van der Waals surface area contributed by atoms with Crippen molar-refractivity contribution in [3.8, 4) is 56.5 Å². The minimum atomic E-state index is -0.106. The zero-order chi connectivity index (χ0) is 32.2. The van der Waals surface area contributed by atoms with E-state index in [0.29, 0.717) is 17.2 Å². The number of rotatable bonds is 5. The van der Waals surface area contributed by atoms with Gasteiger partial charge < -0.3 is 14.4 Å². The smallest absolute Gasteiger partial charge is 0.170 e. The van der Waals surface area contributed by atoms with E-state index >= 15 is 0 Å². The standard InChI is InChI=1S/C44H32N2O2/c1-44(2)37-13-7-6-12-35(37)36-23-21-33(27-38(36)44)46(32-19-16-30(17-20-32)29-10-4-3-5-11-29)34-22-24-39(45-28-34)31-18-25-42-43(26-31)48-41-15-9-8-14-40(41)47-42/h3-28H,1-2H3.